The zero-order valence-corrected chi connectivity index (χ0v) is 18.0. The van der Waals surface area contributed by atoms with Gasteiger partial charge in [0.05, 0.1) is 10.5 Å². The van der Waals surface area contributed by atoms with Crippen LogP contribution in [0.25, 0.3) is 0 Å². The molecule has 3 N–H and O–H groups in total. The summed E-state index contributed by atoms with van der Waals surface area (Å²) in [6.45, 7) is 4.16. The predicted molar refractivity (Wildman–Crippen MR) is 110 cm³/mol. The van der Waals surface area contributed by atoms with Crippen molar-refractivity contribution in [3.8, 4) is 0 Å². The lowest BCUT2D eigenvalue weighted by molar-refractivity contribution is 0.0243. The Morgan fingerprint density at radius 1 is 1.28 bits per heavy atom. The summed E-state index contributed by atoms with van der Waals surface area (Å²) in [5, 5.41) is 6.49. The van der Waals surface area contributed by atoms with Crippen LogP contribution in [0.5, 0.6) is 0 Å². The minimum atomic E-state index is -3.40. The van der Waals surface area contributed by atoms with Crippen molar-refractivity contribution in [2.75, 3.05) is 27.2 Å². The molecule has 0 aromatic heterocycles. The van der Waals surface area contributed by atoms with E-state index in [1.165, 1.54) is 7.05 Å². The van der Waals surface area contributed by atoms with Gasteiger partial charge in [-0.15, -0.1) is 24.0 Å². The Kier molecular flexibility index (Phi) is 8.58. The summed E-state index contributed by atoms with van der Waals surface area (Å²) in [5.74, 6) is 0.693. The van der Waals surface area contributed by atoms with Crippen molar-refractivity contribution >= 4 is 40.0 Å². The van der Waals surface area contributed by atoms with Crippen LogP contribution in [0.4, 0.5) is 0 Å². The number of halogens is 1. The fraction of sp³-hybridized carbons (Fsp3) is 0.562. The van der Waals surface area contributed by atoms with Gasteiger partial charge >= 0.3 is 0 Å². The molecule has 0 radical (unpaired) electrons. The summed E-state index contributed by atoms with van der Waals surface area (Å²) in [7, 11) is -0.280. The number of hydrogen-bond acceptors (Lipinski definition) is 4. The molecule has 142 valence electrons. The van der Waals surface area contributed by atoms with E-state index in [-0.39, 0.29) is 34.5 Å². The highest BCUT2D eigenvalue weighted by molar-refractivity contribution is 14.0. The summed E-state index contributed by atoms with van der Waals surface area (Å²) in [6, 6.07) is 6.75. The second-order valence-electron chi connectivity index (χ2n) is 6.03. The van der Waals surface area contributed by atoms with Gasteiger partial charge in [0.15, 0.2) is 5.96 Å². The fourth-order valence-corrected chi connectivity index (χ4v) is 3.29. The number of ether oxygens (including phenoxy) is 1. The first kappa shape index (κ1) is 22.1. The summed E-state index contributed by atoms with van der Waals surface area (Å²) in [6.07, 6.45) is 2.13. The van der Waals surface area contributed by atoms with Crippen molar-refractivity contribution in [3.05, 3.63) is 29.8 Å². The second-order valence-corrected chi connectivity index (χ2v) is 7.92. The number of nitrogens with zero attached hydrogens (tertiary/aromatic N) is 1. The molecule has 0 spiro atoms. The van der Waals surface area contributed by atoms with Crippen molar-refractivity contribution in [1.82, 2.24) is 15.4 Å². The molecule has 0 bridgehead atoms. The van der Waals surface area contributed by atoms with Gasteiger partial charge in [0, 0.05) is 26.7 Å². The van der Waals surface area contributed by atoms with Crippen LogP contribution in [0.3, 0.4) is 0 Å². The third-order valence-corrected chi connectivity index (χ3v) is 5.55. The summed E-state index contributed by atoms with van der Waals surface area (Å²) in [5.41, 5.74) is 0.831. The molecule has 1 fully saturated rings. The first-order valence-corrected chi connectivity index (χ1v) is 9.48. The highest BCUT2D eigenvalue weighted by Gasteiger charge is 2.29. The lowest BCUT2D eigenvalue weighted by Gasteiger charge is -2.24. The van der Waals surface area contributed by atoms with Crippen molar-refractivity contribution in [3.63, 3.8) is 0 Å². The number of aliphatic imine (C=N–C) groups is 1. The third-order valence-electron chi connectivity index (χ3n) is 4.12. The van der Waals surface area contributed by atoms with Crippen LogP contribution >= 0.6 is 24.0 Å². The molecule has 1 heterocycles. The molecule has 0 aliphatic carbocycles. The Labute approximate surface area is 167 Å². The molecule has 25 heavy (non-hydrogen) atoms. The Morgan fingerprint density at radius 2 is 1.96 bits per heavy atom. The van der Waals surface area contributed by atoms with Gasteiger partial charge in [-0.25, -0.2) is 13.1 Å². The SMILES string of the molecule is CN=C(NCc1ccc(S(=O)(=O)NC)cc1)NCC1(C)CCCO1.I. The number of sulfonamides is 1. The zero-order chi connectivity index (χ0) is 17.6. The van der Waals surface area contributed by atoms with Crippen LogP contribution in [0.2, 0.25) is 0 Å². The minimum Gasteiger partial charge on any atom is -0.373 e. The molecule has 1 unspecified atom stereocenters. The van der Waals surface area contributed by atoms with Crippen LogP contribution in [-0.2, 0) is 21.3 Å². The van der Waals surface area contributed by atoms with E-state index in [1.54, 1.807) is 31.3 Å². The van der Waals surface area contributed by atoms with Crippen LogP contribution in [0.15, 0.2) is 34.2 Å². The number of nitrogens with one attached hydrogen (secondary N) is 3. The first-order valence-electron chi connectivity index (χ1n) is 7.99. The zero-order valence-electron chi connectivity index (χ0n) is 14.8. The lowest BCUT2D eigenvalue weighted by Crippen LogP contribution is -2.45. The normalized spacial score (nSPS) is 20.8. The Balaban J connectivity index is 0.00000312. The highest BCUT2D eigenvalue weighted by Crippen LogP contribution is 2.23. The van der Waals surface area contributed by atoms with Gasteiger partial charge in [0.2, 0.25) is 10.0 Å². The third kappa shape index (κ3) is 6.39. The molecular formula is C16H27IN4O3S. The molecule has 0 amide bonds. The van der Waals surface area contributed by atoms with E-state index in [2.05, 4.69) is 27.3 Å². The molecule has 1 aromatic carbocycles. The van der Waals surface area contributed by atoms with Crippen LogP contribution in [-0.4, -0.2) is 47.2 Å². The molecule has 0 saturated carbocycles. The monoisotopic (exact) mass is 482 g/mol. The smallest absolute Gasteiger partial charge is 0.240 e. The topological polar surface area (TPSA) is 91.8 Å². The van der Waals surface area contributed by atoms with Gasteiger partial charge in [0.25, 0.3) is 0 Å². The molecule has 1 aliphatic heterocycles. The second kappa shape index (κ2) is 9.70. The molecular weight excluding hydrogens is 455 g/mol. The maximum absolute atomic E-state index is 11.7. The van der Waals surface area contributed by atoms with Gasteiger partial charge in [-0.1, -0.05) is 12.1 Å². The van der Waals surface area contributed by atoms with E-state index in [9.17, 15) is 8.42 Å². The molecule has 7 nitrogen and oxygen atoms in total. The van der Waals surface area contributed by atoms with Gasteiger partial charge in [-0.05, 0) is 44.5 Å². The van der Waals surface area contributed by atoms with Crippen LogP contribution in [0, 0.1) is 0 Å². The van der Waals surface area contributed by atoms with Crippen molar-refractivity contribution < 1.29 is 13.2 Å². The summed E-state index contributed by atoms with van der Waals surface area (Å²) >= 11 is 0. The summed E-state index contributed by atoms with van der Waals surface area (Å²) < 4.78 is 31.4. The standard InChI is InChI=1S/C16H26N4O3S.HI/c1-16(9-4-10-23-16)12-20-15(17-2)19-11-13-5-7-14(8-6-13)24(21,22)18-3;/h5-8,18H,4,9-12H2,1-3H3,(H2,17,19,20);1H. The van der Waals surface area contributed by atoms with Crippen molar-refractivity contribution in [2.45, 2.75) is 36.8 Å². The lowest BCUT2D eigenvalue weighted by atomic mass is 10.0. The van der Waals surface area contributed by atoms with E-state index in [0.29, 0.717) is 19.0 Å². The van der Waals surface area contributed by atoms with E-state index in [0.717, 1.165) is 25.0 Å². The fourth-order valence-electron chi connectivity index (χ4n) is 2.56. The molecule has 2 rings (SSSR count). The Bertz CT molecular complexity index is 671. The average molecular weight is 482 g/mol. The predicted octanol–water partition coefficient (Wildman–Crippen LogP) is 1.45. The molecule has 9 heteroatoms. The van der Waals surface area contributed by atoms with Crippen molar-refractivity contribution in [1.29, 1.82) is 0 Å². The largest absolute Gasteiger partial charge is 0.373 e. The summed E-state index contributed by atoms with van der Waals surface area (Å²) in [4.78, 5) is 4.45. The molecule has 1 saturated heterocycles. The van der Waals surface area contributed by atoms with Crippen LogP contribution < -0.4 is 15.4 Å². The maximum Gasteiger partial charge on any atom is 0.240 e. The Hall–Kier alpha value is -0.910. The highest BCUT2D eigenvalue weighted by atomic mass is 127. The van der Waals surface area contributed by atoms with Gasteiger partial charge in [-0.2, -0.15) is 0 Å². The van der Waals surface area contributed by atoms with E-state index in [1.807, 2.05) is 0 Å². The quantitative estimate of drug-likeness (QED) is 0.325. The van der Waals surface area contributed by atoms with Crippen molar-refractivity contribution in [2.24, 2.45) is 4.99 Å². The minimum absolute atomic E-state index is 0. The maximum atomic E-state index is 11.7. The molecule has 1 atom stereocenters. The molecule has 1 aromatic rings. The number of rotatable bonds is 6. The van der Waals surface area contributed by atoms with Crippen LogP contribution in [0.1, 0.15) is 25.3 Å². The number of hydrogen-bond donors (Lipinski definition) is 3. The number of guanidine groups is 1. The first-order chi connectivity index (χ1) is 11.4. The molecule has 1 aliphatic rings. The van der Waals surface area contributed by atoms with Gasteiger partial charge < -0.3 is 15.4 Å². The van der Waals surface area contributed by atoms with E-state index in [4.69, 9.17) is 4.74 Å². The average Bonchev–Trinajstić information content (AvgIpc) is 3.02. The number of benzene rings is 1. The van der Waals surface area contributed by atoms with Gasteiger partial charge in [0.1, 0.15) is 0 Å². The van der Waals surface area contributed by atoms with E-state index < -0.39 is 10.0 Å². The van der Waals surface area contributed by atoms with E-state index >= 15 is 0 Å². The Morgan fingerprint density at radius 3 is 2.48 bits per heavy atom. The van der Waals surface area contributed by atoms with Gasteiger partial charge in [-0.3, -0.25) is 4.99 Å².